The smallest absolute Gasteiger partial charge is 0.269 e. The maximum Gasteiger partial charge on any atom is 0.269 e. The van der Waals surface area contributed by atoms with Crippen LogP contribution in [-0.2, 0) is 7.05 Å². The van der Waals surface area contributed by atoms with Gasteiger partial charge in [0, 0.05) is 19.3 Å². The molecule has 18 heavy (non-hydrogen) atoms. The van der Waals surface area contributed by atoms with Crippen molar-refractivity contribution in [3.05, 3.63) is 18.0 Å². The van der Waals surface area contributed by atoms with Crippen LogP contribution >= 0.6 is 12.4 Å². The summed E-state index contributed by atoms with van der Waals surface area (Å²) in [4.78, 5) is 12.0. The van der Waals surface area contributed by atoms with Gasteiger partial charge in [0.25, 0.3) is 5.91 Å². The zero-order chi connectivity index (χ0) is 12.3. The Hall–Kier alpha value is -1.07. The standard InChI is InChI=1S/C12H20N4O.ClH/c1-16-11(6-7-14-16)12(17)15-10-5-3-2-4-9(10)8-13;/h6-7,9-10H,2-5,8,13H2,1H3,(H,15,17);1H. The van der Waals surface area contributed by atoms with E-state index in [0.717, 1.165) is 12.8 Å². The summed E-state index contributed by atoms with van der Waals surface area (Å²) >= 11 is 0. The molecule has 0 aromatic carbocycles. The van der Waals surface area contributed by atoms with Gasteiger partial charge in [-0.1, -0.05) is 12.8 Å². The summed E-state index contributed by atoms with van der Waals surface area (Å²) in [6.45, 7) is 0.649. The van der Waals surface area contributed by atoms with Crippen molar-refractivity contribution in [2.45, 2.75) is 31.7 Å². The van der Waals surface area contributed by atoms with Gasteiger partial charge in [-0.05, 0) is 31.4 Å². The summed E-state index contributed by atoms with van der Waals surface area (Å²) in [7, 11) is 1.77. The van der Waals surface area contributed by atoms with E-state index >= 15 is 0 Å². The summed E-state index contributed by atoms with van der Waals surface area (Å²) in [6, 6.07) is 1.95. The molecular formula is C12H21ClN4O. The second-order valence-corrected chi connectivity index (χ2v) is 4.70. The Morgan fingerprint density at radius 3 is 2.89 bits per heavy atom. The molecule has 2 unspecified atom stereocenters. The Morgan fingerprint density at radius 2 is 2.28 bits per heavy atom. The van der Waals surface area contributed by atoms with Gasteiger partial charge in [0.1, 0.15) is 5.69 Å². The largest absolute Gasteiger partial charge is 0.348 e. The van der Waals surface area contributed by atoms with Gasteiger partial charge < -0.3 is 11.1 Å². The van der Waals surface area contributed by atoms with Crippen molar-refractivity contribution >= 4 is 18.3 Å². The van der Waals surface area contributed by atoms with Crippen LogP contribution in [0.5, 0.6) is 0 Å². The number of carbonyl (C=O) groups excluding carboxylic acids is 1. The number of hydrogen-bond acceptors (Lipinski definition) is 3. The Labute approximate surface area is 114 Å². The van der Waals surface area contributed by atoms with E-state index < -0.39 is 0 Å². The van der Waals surface area contributed by atoms with E-state index in [4.69, 9.17) is 5.73 Å². The maximum absolute atomic E-state index is 12.0. The van der Waals surface area contributed by atoms with E-state index in [0.29, 0.717) is 18.2 Å². The van der Waals surface area contributed by atoms with Crippen molar-refractivity contribution in [3.8, 4) is 0 Å². The number of nitrogens with zero attached hydrogens (tertiary/aromatic N) is 2. The molecule has 2 rings (SSSR count). The first-order valence-electron chi connectivity index (χ1n) is 6.21. The normalized spacial score (nSPS) is 23.2. The third kappa shape index (κ3) is 3.23. The lowest BCUT2D eigenvalue weighted by atomic mass is 9.84. The van der Waals surface area contributed by atoms with Crippen LogP contribution in [0, 0.1) is 5.92 Å². The number of hydrogen-bond donors (Lipinski definition) is 2. The molecule has 0 saturated heterocycles. The van der Waals surface area contributed by atoms with Crippen molar-refractivity contribution in [2.75, 3.05) is 6.54 Å². The number of amides is 1. The summed E-state index contributed by atoms with van der Waals surface area (Å²) in [5, 5.41) is 7.08. The Morgan fingerprint density at radius 1 is 1.56 bits per heavy atom. The molecule has 0 aliphatic heterocycles. The van der Waals surface area contributed by atoms with E-state index in [1.807, 2.05) is 0 Å². The van der Waals surface area contributed by atoms with Gasteiger partial charge >= 0.3 is 0 Å². The quantitative estimate of drug-likeness (QED) is 0.865. The van der Waals surface area contributed by atoms with Gasteiger partial charge in [-0.3, -0.25) is 9.48 Å². The molecule has 1 aliphatic carbocycles. The lowest BCUT2D eigenvalue weighted by Crippen LogP contribution is -2.45. The van der Waals surface area contributed by atoms with Crippen molar-refractivity contribution in [2.24, 2.45) is 18.7 Å². The van der Waals surface area contributed by atoms with Crippen LogP contribution in [0.3, 0.4) is 0 Å². The minimum atomic E-state index is -0.0460. The molecule has 5 nitrogen and oxygen atoms in total. The highest BCUT2D eigenvalue weighted by Crippen LogP contribution is 2.23. The fourth-order valence-corrected chi connectivity index (χ4v) is 2.52. The van der Waals surface area contributed by atoms with Crippen LogP contribution in [0.25, 0.3) is 0 Å². The maximum atomic E-state index is 12.0. The van der Waals surface area contributed by atoms with Crippen molar-refractivity contribution in [3.63, 3.8) is 0 Å². The van der Waals surface area contributed by atoms with E-state index in [-0.39, 0.29) is 24.4 Å². The number of aromatic nitrogens is 2. The molecule has 6 heteroatoms. The van der Waals surface area contributed by atoms with Crippen LogP contribution in [0.4, 0.5) is 0 Å². The molecule has 0 spiro atoms. The number of nitrogens with one attached hydrogen (secondary N) is 1. The number of aryl methyl sites for hydroxylation is 1. The second kappa shape index (κ2) is 6.75. The van der Waals surface area contributed by atoms with Crippen molar-refractivity contribution in [1.29, 1.82) is 0 Å². The Kier molecular flexibility index (Phi) is 5.62. The fourth-order valence-electron chi connectivity index (χ4n) is 2.52. The van der Waals surface area contributed by atoms with E-state index in [1.54, 1.807) is 24.0 Å². The molecule has 102 valence electrons. The molecule has 1 fully saturated rings. The molecule has 1 amide bonds. The van der Waals surface area contributed by atoms with E-state index in [9.17, 15) is 4.79 Å². The highest BCUT2D eigenvalue weighted by atomic mass is 35.5. The zero-order valence-electron chi connectivity index (χ0n) is 10.6. The number of carbonyl (C=O) groups is 1. The highest BCUT2D eigenvalue weighted by molar-refractivity contribution is 5.92. The van der Waals surface area contributed by atoms with E-state index in [2.05, 4.69) is 10.4 Å². The van der Waals surface area contributed by atoms with Gasteiger partial charge in [-0.15, -0.1) is 12.4 Å². The minimum Gasteiger partial charge on any atom is -0.348 e. The van der Waals surface area contributed by atoms with Crippen LogP contribution in [0.15, 0.2) is 12.3 Å². The van der Waals surface area contributed by atoms with Crippen LogP contribution in [-0.4, -0.2) is 28.3 Å². The molecule has 0 bridgehead atoms. The SMILES string of the molecule is Cl.Cn1nccc1C(=O)NC1CCCCC1CN. The van der Waals surface area contributed by atoms with Gasteiger partial charge in [0.2, 0.25) is 0 Å². The van der Waals surface area contributed by atoms with Gasteiger partial charge in [0.15, 0.2) is 0 Å². The third-order valence-electron chi connectivity index (χ3n) is 3.58. The summed E-state index contributed by atoms with van der Waals surface area (Å²) in [6.07, 6.45) is 6.18. The molecule has 1 heterocycles. The molecule has 3 N–H and O–H groups in total. The number of nitrogens with two attached hydrogens (primary N) is 1. The van der Waals surface area contributed by atoms with Gasteiger partial charge in [0.05, 0.1) is 0 Å². The van der Waals surface area contributed by atoms with Gasteiger partial charge in [-0.25, -0.2) is 0 Å². The monoisotopic (exact) mass is 272 g/mol. The predicted molar refractivity (Wildman–Crippen MR) is 72.7 cm³/mol. The zero-order valence-corrected chi connectivity index (χ0v) is 11.4. The van der Waals surface area contributed by atoms with Crippen molar-refractivity contribution < 1.29 is 4.79 Å². The fraction of sp³-hybridized carbons (Fsp3) is 0.667. The first-order chi connectivity index (χ1) is 8.22. The molecule has 1 aliphatic rings. The molecule has 2 atom stereocenters. The average molecular weight is 273 g/mol. The predicted octanol–water partition coefficient (Wildman–Crippen LogP) is 1.09. The molecule has 1 aromatic rings. The van der Waals surface area contributed by atoms with Crippen LogP contribution in [0.1, 0.15) is 36.2 Å². The Bertz CT molecular complexity index is 393. The lowest BCUT2D eigenvalue weighted by Gasteiger charge is -2.31. The van der Waals surface area contributed by atoms with Gasteiger partial charge in [-0.2, -0.15) is 5.10 Å². The Balaban J connectivity index is 0.00000162. The topological polar surface area (TPSA) is 72.9 Å². The first kappa shape index (κ1) is 15.0. The van der Waals surface area contributed by atoms with E-state index in [1.165, 1.54) is 12.8 Å². The molecule has 0 radical (unpaired) electrons. The van der Waals surface area contributed by atoms with Crippen LogP contribution in [0.2, 0.25) is 0 Å². The first-order valence-corrected chi connectivity index (χ1v) is 6.21. The minimum absolute atomic E-state index is 0. The van der Waals surface area contributed by atoms with Crippen LogP contribution < -0.4 is 11.1 Å². The lowest BCUT2D eigenvalue weighted by molar-refractivity contribution is 0.0898. The summed E-state index contributed by atoms with van der Waals surface area (Å²) in [5.41, 5.74) is 6.35. The van der Waals surface area contributed by atoms with Crippen molar-refractivity contribution in [1.82, 2.24) is 15.1 Å². The third-order valence-corrected chi connectivity index (χ3v) is 3.58. The molecular weight excluding hydrogens is 252 g/mol. The summed E-state index contributed by atoms with van der Waals surface area (Å²) < 4.78 is 1.59. The molecule has 1 aromatic heterocycles. The highest BCUT2D eigenvalue weighted by Gasteiger charge is 2.26. The summed E-state index contributed by atoms with van der Waals surface area (Å²) in [5.74, 6) is 0.372. The number of halogens is 1. The average Bonchev–Trinajstić information content (AvgIpc) is 2.76. The number of rotatable bonds is 3. The second-order valence-electron chi connectivity index (χ2n) is 4.70. The molecule has 1 saturated carbocycles.